The van der Waals surface area contributed by atoms with E-state index in [-0.39, 0.29) is 0 Å². The first kappa shape index (κ1) is 17.2. The van der Waals surface area contributed by atoms with Gasteiger partial charge >= 0.3 is 0 Å². The fourth-order valence-electron chi connectivity index (χ4n) is 2.90. The molecule has 0 fully saturated rings. The Morgan fingerprint density at radius 3 is 2.60 bits per heavy atom. The minimum absolute atomic E-state index is 0.695. The number of aromatic nitrogens is 1. The Balaban J connectivity index is 1.73. The molecular formula is C21H24N2O2. The van der Waals surface area contributed by atoms with Crippen LogP contribution >= 0.6 is 0 Å². The third-order valence-electron chi connectivity index (χ3n) is 4.27. The van der Waals surface area contributed by atoms with Crippen molar-refractivity contribution < 1.29 is 9.15 Å². The molecule has 0 unspecified atom stereocenters. The van der Waals surface area contributed by atoms with Gasteiger partial charge in [0.15, 0.2) is 0 Å². The average Bonchev–Trinajstić information content (AvgIpc) is 2.95. The van der Waals surface area contributed by atoms with Crippen molar-refractivity contribution in [1.29, 1.82) is 0 Å². The fraction of sp³-hybridized carbons (Fsp3) is 0.286. The van der Waals surface area contributed by atoms with Crippen LogP contribution in [0, 0.1) is 13.8 Å². The van der Waals surface area contributed by atoms with Gasteiger partial charge in [0.2, 0.25) is 5.89 Å². The molecule has 0 spiro atoms. The van der Waals surface area contributed by atoms with Crippen LogP contribution in [-0.2, 0) is 13.1 Å². The molecule has 4 nitrogen and oxygen atoms in total. The van der Waals surface area contributed by atoms with Crippen molar-refractivity contribution in [2.24, 2.45) is 0 Å². The number of ether oxygens (including phenoxy) is 1. The number of rotatable bonds is 6. The maximum absolute atomic E-state index is 5.91. The number of oxazole rings is 1. The van der Waals surface area contributed by atoms with Gasteiger partial charge in [0.25, 0.3) is 0 Å². The number of nitrogens with zero attached hydrogens (tertiary/aromatic N) is 2. The molecule has 0 bridgehead atoms. The second-order valence-corrected chi connectivity index (χ2v) is 6.36. The van der Waals surface area contributed by atoms with Gasteiger partial charge in [0.05, 0.1) is 12.8 Å². The zero-order valence-electron chi connectivity index (χ0n) is 15.2. The molecule has 1 aromatic heterocycles. The van der Waals surface area contributed by atoms with Gasteiger partial charge in [0, 0.05) is 18.7 Å². The van der Waals surface area contributed by atoms with E-state index >= 15 is 0 Å². The van der Waals surface area contributed by atoms with E-state index in [0.29, 0.717) is 5.89 Å². The van der Waals surface area contributed by atoms with E-state index in [1.54, 1.807) is 7.11 Å². The SMILES string of the molecule is COc1cccc(CN(C)Cc2nc(-c3ccccc3C)oc2C)c1. The second kappa shape index (κ2) is 7.53. The lowest BCUT2D eigenvalue weighted by Crippen LogP contribution is -2.18. The van der Waals surface area contributed by atoms with Crippen molar-refractivity contribution in [3.05, 3.63) is 71.1 Å². The normalized spacial score (nSPS) is 11.1. The smallest absolute Gasteiger partial charge is 0.226 e. The Kier molecular flexibility index (Phi) is 5.19. The van der Waals surface area contributed by atoms with Crippen molar-refractivity contribution in [2.45, 2.75) is 26.9 Å². The van der Waals surface area contributed by atoms with Crippen LogP contribution < -0.4 is 4.74 Å². The maximum atomic E-state index is 5.91. The summed E-state index contributed by atoms with van der Waals surface area (Å²) in [5, 5.41) is 0. The molecule has 25 heavy (non-hydrogen) atoms. The highest BCUT2D eigenvalue weighted by Crippen LogP contribution is 2.25. The van der Waals surface area contributed by atoms with Gasteiger partial charge in [-0.05, 0) is 50.2 Å². The van der Waals surface area contributed by atoms with Crippen LogP contribution in [0.4, 0.5) is 0 Å². The molecule has 0 aliphatic rings. The zero-order chi connectivity index (χ0) is 17.8. The molecule has 0 saturated carbocycles. The highest BCUT2D eigenvalue weighted by atomic mass is 16.5. The molecule has 0 aliphatic carbocycles. The first-order valence-corrected chi connectivity index (χ1v) is 8.40. The molecule has 0 N–H and O–H groups in total. The van der Waals surface area contributed by atoms with Gasteiger partial charge in [0.1, 0.15) is 11.5 Å². The molecule has 130 valence electrons. The summed E-state index contributed by atoms with van der Waals surface area (Å²) < 4.78 is 11.2. The molecule has 1 heterocycles. The van der Waals surface area contributed by atoms with Gasteiger partial charge in [-0.1, -0.05) is 30.3 Å². The largest absolute Gasteiger partial charge is 0.497 e. The van der Waals surface area contributed by atoms with Crippen molar-refractivity contribution in [2.75, 3.05) is 14.2 Å². The van der Waals surface area contributed by atoms with Crippen molar-refractivity contribution in [3.63, 3.8) is 0 Å². The molecule has 0 atom stereocenters. The molecule has 4 heteroatoms. The predicted molar refractivity (Wildman–Crippen MR) is 99.6 cm³/mol. The van der Waals surface area contributed by atoms with Crippen LogP contribution in [0.25, 0.3) is 11.5 Å². The average molecular weight is 336 g/mol. The van der Waals surface area contributed by atoms with Gasteiger partial charge in [-0.2, -0.15) is 0 Å². The first-order chi connectivity index (χ1) is 12.1. The third-order valence-corrected chi connectivity index (χ3v) is 4.27. The Morgan fingerprint density at radius 2 is 1.84 bits per heavy atom. The Hall–Kier alpha value is -2.59. The van der Waals surface area contributed by atoms with Gasteiger partial charge in [-0.25, -0.2) is 4.98 Å². The number of aryl methyl sites for hydroxylation is 2. The topological polar surface area (TPSA) is 38.5 Å². The maximum Gasteiger partial charge on any atom is 0.226 e. The van der Waals surface area contributed by atoms with Crippen LogP contribution in [-0.4, -0.2) is 24.0 Å². The minimum Gasteiger partial charge on any atom is -0.497 e. The summed E-state index contributed by atoms with van der Waals surface area (Å²) in [5.74, 6) is 2.45. The summed E-state index contributed by atoms with van der Waals surface area (Å²) in [5.41, 5.74) is 4.40. The summed E-state index contributed by atoms with van der Waals surface area (Å²) in [7, 11) is 3.77. The zero-order valence-corrected chi connectivity index (χ0v) is 15.2. The molecule has 3 aromatic rings. The molecule has 3 rings (SSSR count). The van der Waals surface area contributed by atoms with E-state index in [9.17, 15) is 0 Å². The highest BCUT2D eigenvalue weighted by molar-refractivity contribution is 5.58. The highest BCUT2D eigenvalue weighted by Gasteiger charge is 2.14. The molecular weight excluding hydrogens is 312 g/mol. The first-order valence-electron chi connectivity index (χ1n) is 8.40. The Labute approximate surface area is 149 Å². The van der Waals surface area contributed by atoms with Crippen LogP contribution in [0.5, 0.6) is 5.75 Å². The third kappa shape index (κ3) is 4.09. The van der Waals surface area contributed by atoms with E-state index in [1.165, 1.54) is 11.1 Å². The standard InChI is InChI=1S/C21H24N2O2/c1-15-8-5-6-11-19(15)21-22-20(16(2)25-21)14-23(3)13-17-9-7-10-18(12-17)24-4/h5-12H,13-14H2,1-4H3. The number of hydrogen-bond acceptors (Lipinski definition) is 4. The van der Waals surface area contributed by atoms with E-state index in [4.69, 9.17) is 14.1 Å². The monoisotopic (exact) mass is 336 g/mol. The summed E-state index contributed by atoms with van der Waals surface area (Å²) in [6.07, 6.45) is 0. The lowest BCUT2D eigenvalue weighted by molar-refractivity contribution is 0.312. The Morgan fingerprint density at radius 1 is 1.04 bits per heavy atom. The summed E-state index contributed by atoms with van der Waals surface area (Å²) in [4.78, 5) is 6.95. The number of hydrogen-bond donors (Lipinski definition) is 0. The van der Waals surface area contributed by atoms with E-state index in [0.717, 1.165) is 35.9 Å². The van der Waals surface area contributed by atoms with Gasteiger partial charge in [-0.3, -0.25) is 4.90 Å². The van der Waals surface area contributed by atoms with E-state index in [2.05, 4.69) is 37.1 Å². The number of benzene rings is 2. The van der Waals surface area contributed by atoms with E-state index < -0.39 is 0 Å². The second-order valence-electron chi connectivity index (χ2n) is 6.36. The Bertz CT molecular complexity index is 855. The van der Waals surface area contributed by atoms with Crippen LogP contribution in [0.15, 0.2) is 52.9 Å². The quantitative estimate of drug-likeness (QED) is 0.659. The predicted octanol–water partition coefficient (Wildman–Crippen LogP) is 4.60. The molecule has 0 aliphatic heterocycles. The van der Waals surface area contributed by atoms with Crippen molar-refractivity contribution >= 4 is 0 Å². The van der Waals surface area contributed by atoms with Gasteiger partial charge < -0.3 is 9.15 Å². The van der Waals surface area contributed by atoms with Crippen LogP contribution in [0.3, 0.4) is 0 Å². The molecule has 0 radical (unpaired) electrons. The lowest BCUT2D eigenvalue weighted by Gasteiger charge is -2.16. The summed E-state index contributed by atoms with van der Waals surface area (Å²) in [6, 6.07) is 16.3. The van der Waals surface area contributed by atoms with Crippen LogP contribution in [0.1, 0.15) is 22.6 Å². The summed E-state index contributed by atoms with van der Waals surface area (Å²) in [6.45, 7) is 5.61. The molecule has 0 saturated heterocycles. The van der Waals surface area contributed by atoms with Crippen LogP contribution in [0.2, 0.25) is 0 Å². The fourth-order valence-corrected chi connectivity index (χ4v) is 2.90. The lowest BCUT2D eigenvalue weighted by atomic mass is 10.1. The molecule has 2 aromatic carbocycles. The van der Waals surface area contributed by atoms with Gasteiger partial charge in [-0.15, -0.1) is 0 Å². The van der Waals surface area contributed by atoms with Crippen molar-refractivity contribution in [3.8, 4) is 17.2 Å². The summed E-state index contributed by atoms with van der Waals surface area (Å²) >= 11 is 0. The van der Waals surface area contributed by atoms with Crippen molar-refractivity contribution in [1.82, 2.24) is 9.88 Å². The number of methoxy groups -OCH3 is 1. The minimum atomic E-state index is 0.695. The molecule has 0 amide bonds. The van der Waals surface area contributed by atoms with E-state index in [1.807, 2.05) is 37.3 Å².